The van der Waals surface area contributed by atoms with Crippen molar-refractivity contribution in [2.24, 2.45) is 5.73 Å². The maximum absolute atomic E-state index is 11.9. The van der Waals surface area contributed by atoms with Crippen LogP contribution in [0.1, 0.15) is 36.5 Å². The zero-order valence-corrected chi connectivity index (χ0v) is 12.5. The normalized spacial score (nSPS) is 12.1. The van der Waals surface area contributed by atoms with Gasteiger partial charge in [0.25, 0.3) is 0 Å². The zero-order valence-electron chi connectivity index (χ0n) is 12.5. The number of anilines is 1. The first-order valence-electron chi connectivity index (χ1n) is 6.57. The number of nitrogens with one attached hydrogen (secondary N) is 1. The maximum atomic E-state index is 11.9. The fourth-order valence-corrected chi connectivity index (χ4v) is 2.01. The SMILES string of the molecule is COc1cc(C)c(NC(=O)CCC(C)N)c(C)c1C. The highest BCUT2D eigenvalue weighted by molar-refractivity contribution is 5.92. The molecule has 19 heavy (non-hydrogen) atoms. The van der Waals surface area contributed by atoms with E-state index in [9.17, 15) is 4.79 Å². The molecule has 1 atom stereocenters. The number of hydrogen-bond donors (Lipinski definition) is 2. The van der Waals surface area contributed by atoms with Crippen LogP contribution >= 0.6 is 0 Å². The molecule has 1 aromatic rings. The molecule has 4 heteroatoms. The second-order valence-corrected chi connectivity index (χ2v) is 5.08. The molecule has 0 saturated heterocycles. The average molecular weight is 264 g/mol. The lowest BCUT2D eigenvalue weighted by atomic mass is 10.0. The molecule has 1 unspecified atom stereocenters. The third kappa shape index (κ3) is 3.96. The smallest absolute Gasteiger partial charge is 0.224 e. The van der Waals surface area contributed by atoms with Gasteiger partial charge in [-0.05, 0) is 56.9 Å². The number of carbonyl (C=O) groups excluding carboxylic acids is 1. The maximum Gasteiger partial charge on any atom is 0.224 e. The number of ether oxygens (including phenoxy) is 1. The third-order valence-electron chi connectivity index (χ3n) is 3.36. The molecule has 1 aromatic carbocycles. The Morgan fingerprint density at radius 2 is 2.00 bits per heavy atom. The topological polar surface area (TPSA) is 64.3 Å². The molecular weight excluding hydrogens is 240 g/mol. The van der Waals surface area contributed by atoms with Crippen molar-refractivity contribution < 1.29 is 9.53 Å². The van der Waals surface area contributed by atoms with Crippen LogP contribution in [0.3, 0.4) is 0 Å². The van der Waals surface area contributed by atoms with Crippen LogP contribution in [0.15, 0.2) is 6.07 Å². The summed E-state index contributed by atoms with van der Waals surface area (Å²) < 4.78 is 5.32. The molecule has 4 nitrogen and oxygen atoms in total. The summed E-state index contributed by atoms with van der Waals surface area (Å²) in [5.74, 6) is 0.858. The largest absolute Gasteiger partial charge is 0.496 e. The van der Waals surface area contributed by atoms with E-state index in [1.807, 2.05) is 33.8 Å². The highest BCUT2D eigenvalue weighted by Gasteiger charge is 2.13. The Labute approximate surface area is 115 Å². The lowest BCUT2D eigenvalue weighted by Crippen LogP contribution is -2.20. The number of carbonyl (C=O) groups is 1. The van der Waals surface area contributed by atoms with E-state index in [1.165, 1.54) is 0 Å². The van der Waals surface area contributed by atoms with Crippen molar-refractivity contribution in [1.82, 2.24) is 0 Å². The Bertz CT molecular complexity index is 468. The third-order valence-corrected chi connectivity index (χ3v) is 3.36. The number of hydrogen-bond acceptors (Lipinski definition) is 3. The number of nitrogens with two attached hydrogens (primary N) is 1. The average Bonchev–Trinajstić information content (AvgIpc) is 2.36. The van der Waals surface area contributed by atoms with Gasteiger partial charge in [-0.2, -0.15) is 0 Å². The molecule has 0 heterocycles. The zero-order chi connectivity index (χ0) is 14.6. The quantitative estimate of drug-likeness (QED) is 0.859. The molecule has 1 rings (SSSR count). The summed E-state index contributed by atoms with van der Waals surface area (Å²) in [6.07, 6.45) is 1.14. The van der Waals surface area contributed by atoms with E-state index in [-0.39, 0.29) is 11.9 Å². The van der Waals surface area contributed by atoms with Gasteiger partial charge in [0.1, 0.15) is 5.75 Å². The first kappa shape index (κ1) is 15.5. The van der Waals surface area contributed by atoms with Gasteiger partial charge in [-0.25, -0.2) is 0 Å². The van der Waals surface area contributed by atoms with E-state index in [2.05, 4.69) is 5.32 Å². The highest BCUT2D eigenvalue weighted by atomic mass is 16.5. The van der Waals surface area contributed by atoms with Gasteiger partial charge in [0.15, 0.2) is 0 Å². The number of benzene rings is 1. The molecule has 0 bridgehead atoms. The predicted molar refractivity (Wildman–Crippen MR) is 78.7 cm³/mol. The van der Waals surface area contributed by atoms with E-state index in [0.29, 0.717) is 12.8 Å². The number of rotatable bonds is 5. The predicted octanol–water partition coefficient (Wildman–Crippen LogP) is 2.69. The van der Waals surface area contributed by atoms with Gasteiger partial charge in [-0.15, -0.1) is 0 Å². The van der Waals surface area contributed by atoms with E-state index < -0.39 is 0 Å². The minimum absolute atomic E-state index is 0.00747. The summed E-state index contributed by atoms with van der Waals surface area (Å²) >= 11 is 0. The summed E-state index contributed by atoms with van der Waals surface area (Å²) in [7, 11) is 1.65. The standard InChI is InChI=1S/C15H24N2O2/c1-9-8-13(19-5)11(3)12(4)15(9)17-14(18)7-6-10(2)16/h8,10H,6-7,16H2,1-5H3,(H,17,18). The van der Waals surface area contributed by atoms with Gasteiger partial charge in [-0.3, -0.25) is 4.79 Å². The van der Waals surface area contributed by atoms with Crippen molar-refractivity contribution in [3.63, 3.8) is 0 Å². The molecule has 1 amide bonds. The van der Waals surface area contributed by atoms with Gasteiger partial charge in [0, 0.05) is 18.2 Å². The van der Waals surface area contributed by atoms with Crippen molar-refractivity contribution in [2.45, 2.75) is 46.6 Å². The van der Waals surface area contributed by atoms with Crippen LogP contribution in [-0.4, -0.2) is 19.1 Å². The minimum atomic E-state index is 0.00747. The summed E-state index contributed by atoms with van der Waals surface area (Å²) in [6, 6.07) is 1.99. The number of methoxy groups -OCH3 is 1. The van der Waals surface area contributed by atoms with E-state index >= 15 is 0 Å². The summed E-state index contributed by atoms with van der Waals surface area (Å²) in [4.78, 5) is 11.9. The van der Waals surface area contributed by atoms with Crippen molar-refractivity contribution in [3.05, 3.63) is 22.8 Å². The van der Waals surface area contributed by atoms with Crippen LogP contribution in [0.5, 0.6) is 5.75 Å². The molecule has 0 aromatic heterocycles. The van der Waals surface area contributed by atoms with Crippen LogP contribution in [0.25, 0.3) is 0 Å². The number of amides is 1. The van der Waals surface area contributed by atoms with Crippen LogP contribution in [-0.2, 0) is 4.79 Å². The molecule has 0 saturated carbocycles. The van der Waals surface area contributed by atoms with Crippen LogP contribution < -0.4 is 15.8 Å². The molecule has 0 aliphatic heterocycles. The Hall–Kier alpha value is -1.55. The van der Waals surface area contributed by atoms with Gasteiger partial charge in [-0.1, -0.05) is 0 Å². The van der Waals surface area contributed by atoms with Crippen LogP contribution in [0.2, 0.25) is 0 Å². The second-order valence-electron chi connectivity index (χ2n) is 5.08. The minimum Gasteiger partial charge on any atom is -0.496 e. The van der Waals surface area contributed by atoms with E-state index in [0.717, 1.165) is 28.1 Å². The van der Waals surface area contributed by atoms with Gasteiger partial charge >= 0.3 is 0 Å². The lowest BCUT2D eigenvalue weighted by Gasteiger charge is -2.17. The fraction of sp³-hybridized carbons (Fsp3) is 0.533. The van der Waals surface area contributed by atoms with Crippen LogP contribution in [0.4, 0.5) is 5.69 Å². The molecule has 0 radical (unpaired) electrons. The van der Waals surface area contributed by atoms with Gasteiger partial charge < -0.3 is 15.8 Å². The molecular formula is C15H24N2O2. The van der Waals surface area contributed by atoms with Crippen LogP contribution in [0, 0.1) is 20.8 Å². The Balaban J connectivity index is 2.90. The first-order chi connectivity index (χ1) is 8.86. The van der Waals surface area contributed by atoms with E-state index in [4.69, 9.17) is 10.5 Å². The van der Waals surface area contributed by atoms with Crippen molar-refractivity contribution >= 4 is 11.6 Å². The molecule has 106 valence electrons. The van der Waals surface area contributed by atoms with Crippen molar-refractivity contribution in [1.29, 1.82) is 0 Å². The van der Waals surface area contributed by atoms with Gasteiger partial charge in [0.2, 0.25) is 5.91 Å². The first-order valence-corrected chi connectivity index (χ1v) is 6.57. The molecule has 3 N–H and O–H groups in total. The van der Waals surface area contributed by atoms with E-state index in [1.54, 1.807) is 7.11 Å². The highest BCUT2D eigenvalue weighted by Crippen LogP contribution is 2.31. The Morgan fingerprint density at radius 3 is 2.53 bits per heavy atom. The summed E-state index contributed by atoms with van der Waals surface area (Å²) in [5.41, 5.74) is 9.65. The Kier molecular flexibility index (Phi) is 5.36. The summed E-state index contributed by atoms with van der Waals surface area (Å²) in [5, 5.41) is 2.98. The number of aryl methyl sites for hydroxylation is 1. The monoisotopic (exact) mass is 264 g/mol. The fourth-order valence-electron chi connectivity index (χ4n) is 2.01. The Morgan fingerprint density at radius 1 is 1.37 bits per heavy atom. The molecule has 0 spiro atoms. The molecule has 0 fully saturated rings. The van der Waals surface area contributed by atoms with Crippen molar-refractivity contribution in [2.75, 3.05) is 12.4 Å². The van der Waals surface area contributed by atoms with Crippen molar-refractivity contribution in [3.8, 4) is 5.75 Å². The summed E-state index contributed by atoms with van der Waals surface area (Å²) in [6.45, 7) is 7.86. The van der Waals surface area contributed by atoms with Gasteiger partial charge in [0.05, 0.1) is 7.11 Å². The molecule has 0 aliphatic rings. The second kappa shape index (κ2) is 6.57. The lowest BCUT2D eigenvalue weighted by molar-refractivity contribution is -0.116. The molecule has 0 aliphatic carbocycles.